The van der Waals surface area contributed by atoms with Gasteiger partial charge in [0, 0.05) is 35.5 Å². The van der Waals surface area contributed by atoms with Crippen LogP contribution in [0.5, 0.6) is 0 Å². The number of ether oxygens (including phenoxy) is 1. The number of amides is 3. The van der Waals surface area contributed by atoms with Gasteiger partial charge in [0.25, 0.3) is 5.91 Å². The molecule has 0 saturated carbocycles. The lowest BCUT2D eigenvalue weighted by atomic mass is 10.0. The maximum absolute atomic E-state index is 12.9. The number of fused-ring (bicyclic) bond motifs is 1. The van der Waals surface area contributed by atoms with Crippen LogP contribution in [0.25, 0.3) is 0 Å². The molecule has 3 amide bonds. The molecule has 4 rings (SSSR count). The van der Waals surface area contributed by atoms with E-state index in [1.165, 1.54) is 0 Å². The van der Waals surface area contributed by atoms with Crippen LogP contribution in [0.2, 0.25) is 0 Å². The summed E-state index contributed by atoms with van der Waals surface area (Å²) in [6, 6.07) is 14.0. The number of rotatable bonds is 6. The van der Waals surface area contributed by atoms with Crippen LogP contribution in [-0.2, 0) is 32.3 Å². The number of nitrogens with one attached hydrogen (secondary N) is 2. The summed E-state index contributed by atoms with van der Waals surface area (Å²) in [7, 11) is 0. The maximum atomic E-state index is 12.9. The van der Waals surface area contributed by atoms with Crippen molar-refractivity contribution < 1.29 is 23.9 Å². The molecule has 2 aromatic carbocycles. The van der Waals surface area contributed by atoms with Gasteiger partial charge in [0.1, 0.15) is 13.0 Å². The van der Waals surface area contributed by atoms with Gasteiger partial charge in [-0.3, -0.25) is 19.2 Å². The number of hydrogen-bond donors (Lipinski definition) is 2. The van der Waals surface area contributed by atoms with Crippen molar-refractivity contribution in [1.29, 1.82) is 0 Å². The van der Waals surface area contributed by atoms with E-state index in [4.69, 9.17) is 4.74 Å². The number of anilines is 1. The molecule has 2 aliphatic rings. The van der Waals surface area contributed by atoms with E-state index in [1.807, 2.05) is 30.3 Å². The highest BCUT2D eigenvalue weighted by atomic mass is 16.5. The Hall–Kier alpha value is -3.94. The Morgan fingerprint density at radius 3 is 2.66 bits per heavy atom. The zero-order valence-electron chi connectivity index (χ0n) is 17.4. The summed E-state index contributed by atoms with van der Waals surface area (Å²) in [5.74, 6) is -1.44. The Morgan fingerprint density at radius 2 is 1.91 bits per heavy atom. The van der Waals surface area contributed by atoms with Crippen LogP contribution in [-0.4, -0.2) is 34.6 Å². The van der Waals surface area contributed by atoms with Crippen molar-refractivity contribution >= 4 is 29.4 Å². The van der Waals surface area contributed by atoms with E-state index in [9.17, 15) is 19.2 Å². The molecule has 2 aromatic rings. The maximum Gasteiger partial charge on any atom is 0.315 e. The fourth-order valence-corrected chi connectivity index (χ4v) is 3.95. The van der Waals surface area contributed by atoms with Gasteiger partial charge in [0.2, 0.25) is 11.8 Å². The average molecular weight is 433 g/mol. The lowest BCUT2D eigenvalue weighted by molar-refractivity contribution is -0.146. The van der Waals surface area contributed by atoms with Crippen LogP contribution < -0.4 is 10.6 Å². The molecule has 164 valence electrons. The molecule has 1 fully saturated rings. The minimum atomic E-state index is -0.633. The first-order valence-electron chi connectivity index (χ1n) is 10.3. The zero-order chi connectivity index (χ0) is 22.7. The summed E-state index contributed by atoms with van der Waals surface area (Å²) >= 11 is 0. The highest BCUT2D eigenvalue weighted by Crippen LogP contribution is 2.33. The van der Waals surface area contributed by atoms with Crippen molar-refractivity contribution in [2.45, 2.75) is 38.5 Å². The molecule has 2 aliphatic heterocycles. The van der Waals surface area contributed by atoms with E-state index in [-0.39, 0.29) is 31.0 Å². The molecule has 1 atom stereocenters. The van der Waals surface area contributed by atoms with E-state index < -0.39 is 18.3 Å². The predicted molar refractivity (Wildman–Crippen MR) is 116 cm³/mol. The lowest BCUT2D eigenvalue weighted by Gasteiger charge is -2.32. The third kappa shape index (κ3) is 4.54. The van der Waals surface area contributed by atoms with Gasteiger partial charge >= 0.3 is 5.97 Å². The molecule has 1 saturated heterocycles. The normalized spacial score (nSPS) is 17.6. The first-order valence-corrected chi connectivity index (χ1v) is 10.3. The van der Waals surface area contributed by atoms with Crippen LogP contribution in [0, 0.1) is 0 Å². The second-order valence-electron chi connectivity index (χ2n) is 7.76. The molecule has 0 aliphatic carbocycles. The quantitative estimate of drug-likeness (QED) is 0.538. The fraction of sp³-hybridized carbons (Fsp3) is 0.250. The number of piperidine rings is 1. The molecule has 0 aromatic heterocycles. The standard InChI is InChI=1S/C24H23N3O5/c1-15-20(10-11-21(28)25-15)27-13-18-17(24(27)31)8-5-9-19(18)26-22(29)12-23(30)32-14-16-6-3-2-4-7-16/h2-9,20H,1,10-14H2,(H,25,28)(H,26,29). The molecule has 8 heteroatoms. The highest BCUT2D eigenvalue weighted by molar-refractivity contribution is 6.05. The number of hydrogen-bond acceptors (Lipinski definition) is 5. The summed E-state index contributed by atoms with van der Waals surface area (Å²) in [5.41, 5.74) is 2.97. The Balaban J connectivity index is 1.39. The second kappa shape index (κ2) is 9.05. The first-order chi connectivity index (χ1) is 15.4. The average Bonchev–Trinajstić information content (AvgIpc) is 3.10. The van der Waals surface area contributed by atoms with Gasteiger partial charge in [0.15, 0.2) is 0 Å². The molecule has 2 heterocycles. The molecular weight excluding hydrogens is 410 g/mol. The second-order valence-corrected chi connectivity index (χ2v) is 7.76. The van der Waals surface area contributed by atoms with Crippen molar-refractivity contribution in [2.24, 2.45) is 0 Å². The fourth-order valence-electron chi connectivity index (χ4n) is 3.95. The third-order valence-electron chi connectivity index (χ3n) is 5.54. The highest BCUT2D eigenvalue weighted by Gasteiger charge is 2.37. The van der Waals surface area contributed by atoms with Crippen molar-refractivity contribution in [3.8, 4) is 0 Å². The summed E-state index contributed by atoms with van der Waals surface area (Å²) in [6.45, 7) is 4.26. The number of carbonyl (C=O) groups is 4. The molecule has 32 heavy (non-hydrogen) atoms. The van der Waals surface area contributed by atoms with Crippen molar-refractivity contribution in [1.82, 2.24) is 10.2 Å². The van der Waals surface area contributed by atoms with E-state index in [1.54, 1.807) is 23.1 Å². The molecule has 8 nitrogen and oxygen atoms in total. The smallest absolute Gasteiger partial charge is 0.315 e. The summed E-state index contributed by atoms with van der Waals surface area (Å²) in [5, 5.41) is 5.42. The molecular formula is C24H23N3O5. The summed E-state index contributed by atoms with van der Waals surface area (Å²) in [6.07, 6.45) is 0.386. The Kier molecular flexibility index (Phi) is 6.02. The van der Waals surface area contributed by atoms with E-state index in [0.29, 0.717) is 35.4 Å². The van der Waals surface area contributed by atoms with Crippen LogP contribution in [0.4, 0.5) is 5.69 Å². The van der Waals surface area contributed by atoms with Crippen molar-refractivity contribution in [3.05, 3.63) is 77.5 Å². The third-order valence-corrected chi connectivity index (χ3v) is 5.54. The largest absolute Gasteiger partial charge is 0.460 e. The van der Waals surface area contributed by atoms with Crippen LogP contribution in [0.15, 0.2) is 60.8 Å². The topological polar surface area (TPSA) is 105 Å². The van der Waals surface area contributed by atoms with Gasteiger partial charge in [0.05, 0.1) is 6.04 Å². The number of nitrogens with zero attached hydrogens (tertiary/aromatic N) is 1. The molecule has 0 radical (unpaired) electrons. The van der Waals surface area contributed by atoms with Gasteiger partial charge in [-0.05, 0) is 24.1 Å². The number of carbonyl (C=O) groups excluding carboxylic acids is 4. The van der Waals surface area contributed by atoms with Gasteiger partial charge < -0.3 is 20.3 Å². The van der Waals surface area contributed by atoms with Gasteiger partial charge in [-0.25, -0.2) is 0 Å². The Morgan fingerprint density at radius 1 is 1.12 bits per heavy atom. The molecule has 0 bridgehead atoms. The van der Waals surface area contributed by atoms with Gasteiger partial charge in [-0.1, -0.05) is 43.0 Å². The summed E-state index contributed by atoms with van der Waals surface area (Å²) in [4.78, 5) is 50.6. The Labute approximate surface area is 185 Å². The summed E-state index contributed by atoms with van der Waals surface area (Å²) < 4.78 is 5.16. The van der Waals surface area contributed by atoms with E-state index >= 15 is 0 Å². The lowest BCUT2D eigenvalue weighted by Crippen LogP contribution is -2.45. The number of esters is 1. The minimum Gasteiger partial charge on any atom is -0.460 e. The van der Waals surface area contributed by atoms with Gasteiger partial charge in [-0.15, -0.1) is 0 Å². The molecule has 1 unspecified atom stereocenters. The van der Waals surface area contributed by atoms with E-state index in [2.05, 4.69) is 17.2 Å². The van der Waals surface area contributed by atoms with Crippen molar-refractivity contribution in [2.75, 3.05) is 5.32 Å². The Bertz CT molecular complexity index is 1100. The molecule has 2 N–H and O–H groups in total. The number of benzene rings is 2. The monoisotopic (exact) mass is 433 g/mol. The SMILES string of the molecule is C=C1NC(=O)CCC1N1Cc2c(NC(=O)CC(=O)OCc3ccccc3)cccc2C1=O. The minimum absolute atomic E-state index is 0.0962. The zero-order valence-corrected chi connectivity index (χ0v) is 17.4. The van der Waals surface area contributed by atoms with Gasteiger partial charge in [-0.2, -0.15) is 0 Å². The first kappa shape index (κ1) is 21.3. The molecule has 0 spiro atoms. The predicted octanol–water partition coefficient (Wildman–Crippen LogP) is 2.51. The van der Waals surface area contributed by atoms with E-state index in [0.717, 1.165) is 5.56 Å². The van der Waals surface area contributed by atoms with Crippen LogP contribution >= 0.6 is 0 Å². The van der Waals surface area contributed by atoms with Crippen LogP contribution in [0.3, 0.4) is 0 Å². The van der Waals surface area contributed by atoms with Crippen LogP contribution in [0.1, 0.15) is 40.7 Å². The van der Waals surface area contributed by atoms with Crippen molar-refractivity contribution in [3.63, 3.8) is 0 Å².